The zero-order valence-corrected chi connectivity index (χ0v) is 11.4. The molecule has 1 aliphatic heterocycles. The minimum atomic E-state index is -1.04. The number of rotatable bonds is 3. The highest BCUT2D eigenvalue weighted by Gasteiger charge is 2.23. The number of benzene rings is 1. The maximum absolute atomic E-state index is 13.9. The SMILES string of the molecule is O=C(O)c1ccc(F)c(N2CCC(n3cccn3)CC2)c1. The van der Waals surface area contributed by atoms with Crippen LogP contribution in [0.3, 0.4) is 0 Å². The molecule has 0 atom stereocenters. The van der Waals surface area contributed by atoms with Gasteiger partial charge in [-0.15, -0.1) is 0 Å². The number of hydrogen-bond donors (Lipinski definition) is 1. The molecule has 1 fully saturated rings. The van der Waals surface area contributed by atoms with Gasteiger partial charge in [0, 0.05) is 25.5 Å². The highest BCUT2D eigenvalue weighted by Crippen LogP contribution is 2.28. The number of halogens is 1. The summed E-state index contributed by atoms with van der Waals surface area (Å²) in [4.78, 5) is 12.9. The van der Waals surface area contributed by atoms with Gasteiger partial charge in [-0.2, -0.15) is 5.10 Å². The lowest BCUT2D eigenvalue weighted by molar-refractivity contribution is 0.0697. The Morgan fingerprint density at radius 1 is 1.33 bits per heavy atom. The number of carboxylic acid groups (broad SMARTS) is 1. The van der Waals surface area contributed by atoms with Crippen LogP contribution < -0.4 is 4.90 Å². The largest absolute Gasteiger partial charge is 0.478 e. The van der Waals surface area contributed by atoms with Crippen LogP contribution in [0, 0.1) is 5.82 Å². The first-order valence-corrected chi connectivity index (χ1v) is 6.92. The van der Waals surface area contributed by atoms with Crippen LogP contribution in [-0.4, -0.2) is 33.9 Å². The van der Waals surface area contributed by atoms with E-state index in [1.165, 1.54) is 18.2 Å². The van der Waals surface area contributed by atoms with Crippen LogP contribution in [0.4, 0.5) is 10.1 Å². The van der Waals surface area contributed by atoms with Crippen molar-refractivity contribution in [3.05, 3.63) is 48.0 Å². The molecule has 0 spiro atoms. The molecule has 2 heterocycles. The van der Waals surface area contributed by atoms with E-state index in [9.17, 15) is 9.18 Å². The predicted molar refractivity (Wildman–Crippen MR) is 76.1 cm³/mol. The summed E-state index contributed by atoms with van der Waals surface area (Å²) >= 11 is 0. The van der Waals surface area contributed by atoms with Gasteiger partial charge in [0.2, 0.25) is 0 Å². The van der Waals surface area contributed by atoms with Gasteiger partial charge in [0.1, 0.15) is 5.82 Å². The number of aromatic nitrogens is 2. The van der Waals surface area contributed by atoms with E-state index in [1.807, 2.05) is 21.8 Å². The Morgan fingerprint density at radius 2 is 2.10 bits per heavy atom. The Bertz CT molecular complexity index is 634. The third-order valence-corrected chi connectivity index (χ3v) is 3.90. The Labute approximate surface area is 121 Å². The number of aromatic carboxylic acids is 1. The first-order chi connectivity index (χ1) is 10.1. The van der Waals surface area contributed by atoms with Crippen LogP contribution in [0.5, 0.6) is 0 Å². The molecule has 5 nitrogen and oxygen atoms in total. The number of piperidine rings is 1. The second-order valence-corrected chi connectivity index (χ2v) is 5.18. The van der Waals surface area contributed by atoms with E-state index in [2.05, 4.69) is 5.10 Å². The zero-order valence-electron chi connectivity index (χ0n) is 11.4. The Morgan fingerprint density at radius 3 is 2.71 bits per heavy atom. The number of carboxylic acids is 1. The topological polar surface area (TPSA) is 58.4 Å². The van der Waals surface area contributed by atoms with Crippen molar-refractivity contribution in [2.24, 2.45) is 0 Å². The number of hydrogen-bond acceptors (Lipinski definition) is 3. The first-order valence-electron chi connectivity index (χ1n) is 6.92. The fourth-order valence-corrected chi connectivity index (χ4v) is 2.76. The van der Waals surface area contributed by atoms with Gasteiger partial charge in [0.15, 0.2) is 0 Å². The second-order valence-electron chi connectivity index (χ2n) is 5.18. The van der Waals surface area contributed by atoms with Gasteiger partial charge in [-0.05, 0) is 37.1 Å². The van der Waals surface area contributed by atoms with Crippen molar-refractivity contribution in [3.8, 4) is 0 Å². The van der Waals surface area contributed by atoms with Crippen LogP contribution in [0.15, 0.2) is 36.7 Å². The van der Waals surface area contributed by atoms with E-state index >= 15 is 0 Å². The normalized spacial score (nSPS) is 16.1. The van der Waals surface area contributed by atoms with Crippen LogP contribution in [0.1, 0.15) is 29.2 Å². The lowest BCUT2D eigenvalue weighted by Crippen LogP contribution is -2.35. The fourth-order valence-electron chi connectivity index (χ4n) is 2.76. The molecule has 1 aromatic carbocycles. The standard InChI is InChI=1S/C15H16FN3O2/c16-13-3-2-11(15(20)21)10-14(13)18-8-4-12(5-9-18)19-7-1-6-17-19/h1-3,6-7,10,12H,4-5,8-9H2,(H,20,21). The van der Waals surface area contributed by atoms with Gasteiger partial charge < -0.3 is 10.0 Å². The molecule has 0 bridgehead atoms. The molecule has 1 aliphatic rings. The van der Waals surface area contributed by atoms with Crippen molar-refractivity contribution >= 4 is 11.7 Å². The summed E-state index contributed by atoms with van der Waals surface area (Å²) in [5.74, 6) is -1.42. The molecule has 6 heteroatoms. The molecular weight excluding hydrogens is 273 g/mol. The predicted octanol–water partition coefficient (Wildman–Crippen LogP) is 2.56. The second kappa shape index (κ2) is 5.55. The highest BCUT2D eigenvalue weighted by molar-refractivity contribution is 5.88. The first kappa shape index (κ1) is 13.6. The van der Waals surface area contributed by atoms with Crippen molar-refractivity contribution in [1.82, 2.24) is 9.78 Å². The molecule has 1 N–H and O–H groups in total. The minimum absolute atomic E-state index is 0.112. The minimum Gasteiger partial charge on any atom is -0.478 e. The molecule has 0 aliphatic carbocycles. The van der Waals surface area contributed by atoms with E-state index in [-0.39, 0.29) is 11.4 Å². The van der Waals surface area contributed by atoms with Crippen LogP contribution in [0.25, 0.3) is 0 Å². The summed E-state index contributed by atoms with van der Waals surface area (Å²) in [7, 11) is 0. The molecule has 110 valence electrons. The summed E-state index contributed by atoms with van der Waals surface area (Å²) in [6, 6.07) is 6.13. The molecule has 1 saturated heterocycles. The number of carbonyl (C=O) groups is 1. The van der Waals surface area contributed by atoms with Crippen LogP contribution in [0.2, 0.25) is 0 Å². The molecule has 0 amide bonds. The highest BCUT2D eigenvalue weighted by atomic mass is 19.1. The Hall–Kier alpha value is -2.37. The van der Waals surface area contributed by atoms with E-state index in [0.29, 0.717) is 24.8 Å². The van der Waals surface area contributed by atoms with E-state index in [1.54, 1.807) is 6.20 Å². The van der Waals surface area contributed by atoms with Gasteiger partial charge in [-0.25, -0.2) is 9.18 Å². The number of anilines is 1. The smallest absolute Gasteiger partial charge is 0.335 e. The van der Waals surface area contributed by atoms with Crippen molar-refractivity contribution in [1.29, 1.82) is 0 Å². The molecule has 2 aromatic rings. The molecular formula is C15H16FN3O2. The number of nitrogens with zero attached hydrogens (tertiary/aromatic N) is 3. The third-order valence-electron chi connectivity index (χ3n) is 3.90. The molecule has 21 heavy (non-hydrogen) atoms. The molecule has 1 aromatic heterocycles. The average molecular weight is 289 g/mol. The summed E-state index contributed by atoms with van der Waals surface area (Å²) < 4.78 is 15.9. The van der Waals surface area contributed by atoms with E-state index in [0.717, 1.165) is 12.8 Å². The molecule has 0 radical (unpaired) electrons. The Kier molecular flexibility index (Phi) is 3.60. The Balaban J connectivity index is 1.75. The lowest BCUT2D eigenvalue weighted by atomic mass is 10.0. The summed E-state index contributed by atoms with van der Waals surface area (Å²) in [6.07, 6.45) is 5.41. The van der Waals surface area contributed by atoms with E-state index in [4.69, 9.17) is 5.11 Å². The van der Waals surface area contributed by atoms with Gasteiger partial charge in [0.05, 0.1) is 17.3 Å². The summed E-state index contributed by atoms with van der Waals surface area (Å²) in [5, 5.41) is 13.3. The van der Waals surface area contributed by atoms with Crippen molar-refractivity contribution in [2.75, 3.05) is 18.0 Å². The van der Waals surface area contributed by atoms with Crippen molar-refractivity contribution in [2.45, 2.75) is 18.9 Å². The molecule has 0 unspecified atom stereocenters. The average Bonchev–Trinajstić information content (AvgIpc) is 3.02. The fraction of sp³-hybridized carbons (Fsp3) is 0.333. The molecule has 3 rings (SSSR count). The van der Waals surface area contributed by atoms with Gasteiger partial charge in [0.25, 0.3) is 0 Å². The lowest BCUT2D eigenvalue weighted by Gasteiger charge is -2.34. The van der Waals surface area contributed by atoms with E-state index < -0.39 is 5.97 Å². The molecule has 0 saturated carbocycles. The maximum Gasteiger partial charge on any atom is 0.335 e. The van der Waals surface area contributed by atoms with Gasteiger partial charge >= 0.3 is 5.97 Å². The monoisotopic (exact) mass is 289 g/mol. The summed E-state index contributed by atoms with van der Waals surface area (Å²) in [6.45, 7) is 1.37. The third kappa shape index (κ3) is 2.74. The summed E-state index contributed by atoms with van der Waals surface area (Å²) in [5.41, 5.74) is 0.481. The maximum atomic E-state index is 13.9. The van der Waals surface area contributed by atoms with Crippen LogP contribution in [-0.2, 0) is 0 Å². The van der Waals surface area contributed by atoms with Crippen LogP contribution >= 0.6 is 0 Å². The van der Waals surface area contributed by atoms with Crippen molar-refractivity contribution in [3.63, 3.8) is 0 Å². The van der Waals surface area contributed by atoms with Gasteiger partial charge in [-0.3, -0.25) is 4.68 Å². The van der Waals surface area contributed by atoms with Gasteiger partial charge in [-0.1, -0.05) is 0 Å². The zero-order chi connectivity index (χ0) is 14.8. The van der Waals surface area contributed by atoms with Crippen molar-refractivity contribution < 1.29 is 14.3 Å². The quantitative estimate of drug-likeness (QED) is 0.943.